The van der Waals surface area contributed by atoms with Gasteiger partial charge in [0.15, 0.2) is 5.82 Å². The van der Waals surface area contributed by atoms with Gasteiger partial charge in [0, 0.05) is 25.2 Å². The third-order valence-corrected chi connectivity index (χ3v) is 3.19. The topological polar surface area (TPSA) is 91.1 Å². The Morgan fingerprint density at radius 3 is 3.00 bits per heavy atom. The Balaban J connectivity index is 1.88. The number of rotatable bonds is 2. The molecule has 100 valence electrons. The van der Waals surface area contributed by atoms with Crippen molar-refractivity contribution in [2.45, 2.75) is 12.5 Å². The van der Waals surface area contributed by atoms with E-state index in [2.05, 4.69) is 15.2 Å². The molecule has 1 aromatic heterocycles. The van der Waals surface area contributed by atoms with Crippen molar-refractivity contribution in [3.8, 4) is 17.1 Å². The van der Waals surface area contributed by atoms with E-state index in [-0.39, 0.29) is 17.4 Å². The maximum absolute atomic E-state index is 13.7. The lowest BCUT2D eigenvalue weighted by Gasteiger charge is -2.11. The molecule has 1 saturated heterocycles. The van der Waals surface area contributed by atoms with Gasteiger partial charge in [-0.2, -0.15) is 4.98 Å². The molecular formula is C12H14FN5O. The third-order valence-electron chi connectivity index (χ3n) is 3.19. The number of nitrogens with zero attached hydrogens (tertiary/aromatic N) is 3. The van der Waals surface area contributed by atoms with Crippen LogP contribution in [0.3, 0.4) is 0 Å². The molecule has 0 aliphatic carbocycles. The Hall–Kier alpha value is -2.15. The fraction of sp³-hybridized carbons (Fsp3) is 0.333. The Bertz CT molecular complexity index is 600. The van der Waals surface area contributed by atoms with Crippen molar-refractivity contribution in [1.82, 2.24) is 15.2 Å². The monoisotopic (exact) mass is 263 g/mol. The number of nitrogens with two attached hydrogens (primary N) is 1. The standard InChI is InChI=1S/C12H14FN5O/c13-10-5-8(19)1-2-9(10)11-15-12(17-16-11)18-4-3-7(14)6-18/h1-2,5,7,19H,3-4,6,14H2,(H,15,16,17). The van der Waals surface area contributed by atoms with Crippen molar-refractivity contribution >= 4 is 5.95 Å². The fourth-order valence-corrected chi connectivity index (χ4v) is 2.18. The van der Waals surface area contributed by atoms with Crippen LogP contribution in [0.1, 0.15) is 6.42 Å². The maximum Gasteiger partial charge on any atom is 0.245 e. The first-order chi connectivity index (χ1) is 9.13. The lowest BCUT2D eigenvalue weighted by molar-refractivity contribution is 0.469. The summed E-state index contributed by atoms with van der Waals surface area (Å²) >= 11 is 0. The van der Waals surface area contributed by atoms with Gasteiger partial charge in [-0.1, -0.05) is 0 Å². The van der Waals surface area contributed by atoms with E-state index in [0.29, 0.717) is 18.3 Å². The molecular weight excluding hydrogens is 249 g/mol. The smallest absolute Gasteiger partial charge is 0.245 e. The summed E-state index contributed by atoms with van der Waals surface area (Å²) in [6.07, 6.45) is 0.900. The molecule has 3 rings (SSSR count). The van der Waals surface area contributed by atoms with Gasteiger partial charge in [0.2, 0.25) is 5.95 Å². The zero-order valence-corrected chi connectivity index (χ0v) is 10.2. The van der Waals surface area contributed by atoms with E-state index in [1.165, 1.54) is 12.1 Å². The minimum atomic E-state index is -0.541. The number of hydrogen-bond acceptors (Lipinski definition) is 5. The summed E-state index contributed by atoms with van der Waals surface area (Å²) in [6.45, 7) is 1.51. The molecule has 19 heavy (non-hydrogen) atoms. The van der Waals surface area contributed by atoms with Crippen LogP contribution in [0.5, 0.6) is 5.75 Å². The summed E-state index contributed by atoms with van der Waals surface area (Å²) in [4.78, 5) is 6.23. The molecule has 1 atom stereocenters. The highest BCUT2D eigenvalue weighted by Gasteiger charge is 2.23. The Morgan fingerprint density at radius 2 is 2.32 bits per heavy atom. The average molecular weight is 263 g/mol. The van der Waals surface area contributed by atoms with Crippen molar-refractivity contribution in [2.75, 3.05) is 18.0 Å². The summed E-state index contributed by atoms with van der Waals surface area (Å²) in [5, 5.41) is 16.0. The number of hydrogen-bond donors (Lipinski definition) is 3. The Kier molecular flexibility index (Phi) is 2.83. The lowest BCUT2D eigenvalue weighted by atomic mass is 10.2. The summed E-state index contributed by atoms with van der Waals surface area (Å²) < 4.78 is 13.7. The molecule has 1 aromatic carbocycles. The van der Waals surface area contributed by atoms with Gasteiger partial charge in [0.25, 0.3) is 0 Å². The molecule has 7 heteroatoms. The summed E-state index contributed by atoms with van der Waals surface area (Å²) in [5.41, 5.74) is 6.10. The van der Waals surface area contributed by atoms with Crippen LogP contribution in [0.2, 0.25) is 0 Å². The molecule has 1 unspecified atom stereocenters. The molecule has 1 fully saturated rings. The van der Waals surface area contributed by atoms with Crippen molar-refractivity contribution in [3.63, 3.8) is 0 Å². The summed E-state index contributed by atoms with van der Waals surface area (Å²) in [7, 11) is 0. The van der Waals surface area contributed by atoms with E-state index in [1.54, 1.807) is 0 Å². The number of aromatic hydroxyl groups is 1. The molecule has 0 amide bonds. The molecule has 0 radical (unpaired) electrons. The van der Waals surface area contributed by atoms with Crippen LogP contribution in [0.25, 0.3) is 11.4 Å². The molecule has 1 aliphatic rings. The molecule has 4 N–H and O–H groups in total. The second-order valence-electron chi connectivity index (χ2n) is 4.64. The second-order valence-corrected chi connectivity index (χ2v) is 4.64. The van der Waals surface area contributed by atoms with Gasteiger partial charge >= 0.3 is 0 Å². The molecule has 0 saturated carbocycles. The van der Waals surface area contributed by atoms with Crippen molar-refractivity contribution in [3.05, 3.63) is 24.0 Å². The minimum Gasteiger partial charge on any atom is -0.508 e. The van der Waals surface area contributed by atoms with Crippen LogP contribution in [-0.2, 0) is 0 Å². The van der Waals surface area contributed by atoms with Crippen molar-refractivity contribution < 1.29 is 9.50 Å². The van der Waals surface area contributed by atoms with Crippen LogP contribution in [0.15, 0.2) is 18.2 Å². The number of anilines is 1. The molecule has 0 spiro atoms. The number of aromatic amines is 1. The van der Waals surface area contributed by atoms with Crippen molar-refractivity contribution in [1.29, 1.82) is 0 Å². The number of benzene rings is 1. The zero-order valence-electron chi connectivity index (χ0n) is 10.2. The number of H-pyrrole nitrogens is 1. The molecule has 6 nitrogen and oxygen atoms in total. The van der Waals surface area contributed by atoms with Crippen LogP contribution in [-0.4, -0.2) is 39.4 Å². The lowest BCUT2D eigenvalue weighted by Crippen LogP contribution is -2.26. The van der Waals surface area contributed by atoms with Crippen LogP contribution in [0.4, 0.5) is 10.3 Å². The van der Waals surface area contributed by atoms with Gasteiger partial charge in [-0.15, -0.1) is 5.10 Å². The minimum absolute atomic E-state index is 0.119. The Morgan fingerprint density at radius 1 is 1.47 bits per heavy atom. The molecule has 1 aliphatic heterocycles. The predicted octanol–water partition coefficient (Wildman–Crippen LogP) is 0.854. The highest BCUT2D eigenvalue weighted by atomic mass is 19.1. The van der Waals surface area contributed by atoms with Gasteiger partial charge in [-0.25, -0.2) is 4.39 Å². The highest BCUT2D eigenvalue weighted by molar-refractivity contribution is 5.58. The normalized spacial score (nSPS) is 19.1. The highest BCUT2D eigenvalue weighted by Crippen LogP contribution is 2.25. The van der Waals surface area contributed by atoms with Crippen LogP contribution < -0.4 is 10.6 Å². The second kappa shape index (κ2) is 4.51. The van der Waals surface area contributed by atoms with Gasteiger partial charge < -0.3 is 15.7 Å². The third kappa shape index (κ3) is 2.24. The maximum atomic E-state index is 13.7. The largest absolute Gasteiger partial charge is 0.508 e. The zero-order chi connectivity index (χ0) is 13.4. The number of halogens is 1. The average Bonchev–Trinajstić information content (AvgIpc) is 2.97. The first-order valence-corrected chi connectivity index (χ1v) is 6.05. The Labute approximate surface area is 109 Å². The number of phenols is 1. The van der Waals surface area contributed by atoms with E-state index in [1.807, 2.05) is 4.90 Å². The van der Waals surface area contributed by atoms with E-state index >= 15 is 0 Å². The first kappa shape index (κ1) is 11.9. The van der Waals surface area contributed by atoms with Crippen LogP contribution >= 0.6 is 0 Å². The fourth-order valence-electron chi connectivity index (χ4n) is 2.18. The van der Waals surface area contributed by atoms with Gasteiger partial charge in [-0.05, 0) is 18.6 Å². The SMILES string of the molecule is NC1CCN(c2n[nH]c(-c3ccc(O)cc3F)n2)C1. The van der Waals surface area contributed by atoms with E-state index in [4.69, 9.17) is 5.73 Å². The van der Waals surface area contributed by atoms with Crippen LogP contribution in [0, 0.1) is 5.82 Å². The first-order valence-electron chi connectivity index (χ1n) is 6.05. The number of nitrogens with one attached hydrogen (secondary N) is 1. The number of phenolic OH excluding ortho intramolecular Hbond substituents is 1. The number of aromatic nitrogens is 3. The molecule has 0 bridgehead atoms. The summed E-state index contributed by atoms with van der Waals surface area (Å²) in [5.74, 6) is 0.204. The van der Waals surface area contributed by atoms with Gasteiger partial charge in [-0.3, -0.25) is 5.10 Å². The molecule has 2 aromatic rings. The van der Waals surface area contributed by atoms with Gasteiger partial charge in [0.1, 0.15) is 11.6 Å². The van der Waals surface area contributed by atoms with Gasteiger partial charge in [0.05, 0.1) is 5.56 Å². The quantitative estimate of drug-likeness (QED) is 0.747. The van der Waals surface area contributed by atoms with E-state index in [0.717, 1.165) is 19.0 Å². The molecule has 2 heterocycles. The summed E-state index contributed by atoms with van der Waals surface area (Å²) in [6, 6.07) is 4.05. The predicted molar refractivity (Wildman–Crippen MR) is 68.2 cm³/mol. The van der Waals surface area contributed by atoms with E-state index in [9.17, 15) is 9.50 Å². The van der Waals surface area contributed by atoms with E-state index < -0.39 is 5.82 Å². The van der Waals surface area contributed by atoms with Crippen molar-refractivity contribution in [2.24, 2.45) is 5.73 Å².